The summed E-state index contributed by atoms with van der Waals surface area (Å²) in [5.74, 6) is 0.798. The number of fused-ring (bicyclic) bond motifs is 2. The molecule has 0 unspecified atom stereocenters. The molecule has 162 valence electrons. The molecule has 0 amide bonds. The molecular formula is C24H25N7O. The number of H-pyrrole nitrogens is 1. The van der Waals surface area contributed by atoms with Gasteiger partial charge in [0.1, 0.15) is 11.3 Å². The highest BCUT2D eigenvalue weighted by atomic mass is 16.3. The number of imidazole rings is 1. The average Bonchev–Trinajstić information content (AvgIpc) is 3.56. The summed E-state index contributed by atoms with van der Waals surface area (Å²) in [4.78, 5) is 15.1. The van der Waals surface area contributed by atoms with E-state index in [0.29, 0.717) is 5.65 Å². The van der Waals surface area contributed by atoms with E-state index in [0.717, 1.165) is 70.8 Å². The van der Waals surface area contributed by atoms with Crippen LogP contribution < -0.4 is 0 Å². The molecule has 1 fully saturated rings. The predicted molar refractivity (Wildman–Crippen MR) is 124 cm³/mol. The van der Waals surface area contributed by atoms with E-state index in [-0.39, 0.29) is 6.10 Å². The highest BCUT2D eigenvalue weighted by Gasteiger charge is 2.22. The van der Waals surface area contributed by atoms with Gasteiger partial charge < -0.3 is 14.7 Å². The van der Waals surface area contributed by atoms with Gasteiger partial charge in [-0.25, -0.2) is 14.6 Å². The highest BCUT2D eigenvalue weighted by molar-refractivity contribution is 5.95. The number of rotatable bonds is 4. The number of benzene rings is 1. The normalized spacial score (nSPS) is 17.2. The lowest BCUT2D eigenvalue weighted by Crippen LogP contribution is -2.21. The highest BCUT2D eigenvalue weighted by Crippen LogP contribution is 2.30. The third-order valence-electron chi connectivity index (χ3n) is 6.44. The van der Waals surface area contributed by atoms with Gasteiger partial charge in [0.05, 0.1) is 17.5 Å². The van der Waals surface area contributed by atoms with E-state index in [9.17, 15) is 5.11 Å². The summed E-state index contributed by atoms with van der Waals surface area (Å²) in [6.45, 7) is 4.46. The van der Waals surface area contributed by atoms with Crippen molar-refractivity contribution in [3.8, 4) is 17.1 Å². The molecule has 1 saturated heterocycles. The first kappa shape index (κ1) is 19.2. The summed E-state index contributed by atoms with van der Waals surface area (Å²) < 4.78 is 4.02. The Bertz CT molecular complexity index is 1440. The Balaban J connectivity index is 1.41. The van der Waals surface area contributed by atoms with Crippen LogP contribution in [0.2, 0.25) is 0 Å². The second-order valence-corrected chi connectivity index (χ2v) is 8.64. The number of nitrogens with one attached hydrogen (secondary N) is 1. The van der Waals surface area contributed by atoms with E-state index < -0.39 is 0 Å². The summed E-state index contributed by atoms with van der Waals surface area (Å²) in [6, 6.07) is 10.3. The number of hydrogen-bond donors (Lipinski definition) is 2. The van der Waals surface area contributed by atoms with Crippen molar-refractivity contribution in [1.82, 2.24) is 34.2 Å². The molecule has 5 aromatic rings. The van der Waals surface area contributed by atoms with Gasteiger partial charge in [0.15, 0.2) is 5.65 Å². The third kappa shape index (κ3) is 3.11. The second-order valence-electron chi connectivity index (χ2n) is 8.64. The van der Waals surface area contributed by atoms with Crippen LogP contribution in [0.15, 0.2) is 48.9 Å². The molecule has 6 rings (SSSR count). The molecule has 4 aromatic heterocycles. The number of hydrogen-bond acceptors (Lipinski definition) is 5. The monoisotopic (exact) mass is 427 g/mol. The van der Waals surface area contributed by atoms with Crippen molar-refractivity contribution < 1.29 is 5.11 Å². The molecule has 1 atom stereocenters. The summed E-state index contributed by atoms with van der Waals surface area (Å²) in [6.07, 6.45) is 6.53. The maximum atomic E-state index is 9.83. The standard InChI is InChI=1S/C24H25N7O/c1-15-16(12-30-11-7-17(32)14-30)13-31(28-15)21-6-9-25-24-22(21)26-23(27-24)19-4-3-5-20-18(19)8-10-29(20)2/h3-6,8-10,13,17,32H,7,11-12,14H2,1-2H3,(H,25,26,27)/t17-/m0/s1. The molecular weight excluding hydrogens is 402 g/mol. The second kappa shape index (κ2) is 7.29. The first-order valence-corrected chi connectivity index (χ1v) is 10.9. The zero-order valence-corrected chi connectivity index (χ0v) is 18.2. The molecule has 1 aliphatic heterocycles. The number of β-amino-alcohol motifs (C(OH)–C–C–N with tert-alkyl or cyclic N) is 1. The molecule has 0 radical (unpaired) electrons. The Morgan fingerprint density at radius 1 is 1.22 bits per heavy atom. The lowest BCUT2D eigenvalue weighted by atomic mass is 10.1. The topological polar surface area (TPSA) is 87.8 Å². The van der Waals surface area contributed by atoms with Gasteiger partial charge in [0.25, 0.3) is 0 Å². The summed E-state index contributed by atoms with van der Waals surface area (Å²) in [7, 11) is 2.05. The van der Waals surface area contributed by atoms with Crippen LogP contribution in [-0.4, -0.2) is 58.5 Å². The SMILES string of the molecule is Cc1nn(-c2ccnc3nc(-c4cccc5c4ccn5C)[nH]c23)cc1CN1CC[C@H](O)C1. The fraction of sp³-hybridized carbons (Fsp3) is 0.292. The molecule has 8 nitrogen and oxygen atoms in total. The largest absolute Gasteiger partial charge is 0.392 e. The lowest BCUT2D eigenvalue weighted by molar-refractivity contribution is 0.174. The Labute approximate surface area is 185 Å². The van der Waals surface area contributed by atoms with Crippen molar-refractivity contribution in [1.29, 1.82) is 0 Å². The molecule has 0 aliphatic carbocycles. The summed E-state index contributed by atoms with van der Waals surface area (Å²) in [5, 5.41) is 15.8. The van der Waals surface area contributed by atoms with Crippen molar-refractivity contribution in [2.24, 2.45) is 7.05 Å². The van der Waals surface area contributed by atoms with E-state index >= 15 is 0 Å². The minimum Gasteiger partial charge on any atom is -0.392 e. The molecule has 5 heterocycles. The lowest BCUT2D eigenvalue weighted by Gasteiger charge is -2.13. The molecule has 2 N–H and O–H groups in total. The van der Waals surface area contributed by atoms with E-state index in [4.69, 9.17) is 10.1 Å². The minimum absolute atomic E-state index is 0.220. The maximum Gasteiger partial charge on any atom is 0.180 e. The van der Waals surface area contributed by atoms with Gasteiger partial charge in [-0.1, -0.05) is 12.1 Å². The Morgan fingerprint density at radius 3 is 2.97 bits per heavy atom. The number of aliphatic hydroxyl groups is 1. The quantitative estimate of drug-likeness (QED) is 0.460. The zero-order valence-electron chi connectivity index (χ0n) is 18.2. The zero-order chi connectivity index (χ0) is 21.8. The number of aromatic amines is 1. The molecule has 0 bridgehead atoms. The van der Waals surface area contributed by atoms with E-state index in [2.05, 4.69) is 56.1 Å². The van der Waals surface area contributed by atoms with Crippen LogP contribution in [0, 0.1) is 6.92 Å². The maximum absolute atomic E-state index is 9.83. The van der Waals surface area contributed by atoms with Crippen molar-refractivity contribution >= 4 is 22.1 Å². The van der Waals surface area contributed by atoms with E-state index in [1.807, 2.05) is 24.7 Å². The summed E-state index contributed by atoms with van der Waals surface area (Å²) in [5.41, 5.74) is 6.82. The van der Waals surface area contributed by atoms with Crippen LogP contribution in [0.4, 0.5) is 0 Å². The minimum atomic E-state index is -0.220. The molecule has 32 heavy (non-hydrogen) atoms. The fourth-order valence-electron chi connectivity index (χ4n) is 4.70. The number of nitrogens with zero attached hydrogens (tertiary/aromatic N) is 6. The van der Waals surface area contributed by atoms with E-state index in [1.165, 1.54) is 0 Å². The van der Waals surface area contributed by atoms with Crippen LogP contribution in [-0.2, 0) is 13.6 Å². The molecule has 1 aromatic carbocycles. The Kier molecular flexibility index (Phi) is 4.38. The Hall–Kier alpha value is -3.49. The van der Waals surface area contributed by atoms with Crippen LogP contribution in [0.1, 0.15) is 17.7 Å². The van der Waals surface area contributed by atoms with Crippen LogP contribution in [0.25, 0.3) is 39.1 Å². The smallest absolute Gasteiger partial charge is 0.180 e. The van der Waals surface area contributed by atoms with Crippen molar-refractivity contribution in [3.63, 3.8) is 0 Å². The molecule has 1 aliphatic rings. The number of likely N-dealkylation sites (tertiary alicyclic amines) is 1. The number of pyridine rings is 1. The van der Waals surface area contributed by atoms with Crippen LogP contribution >= 0.6 is 0 Å². The van der Waals surface area contributed by atoms with E-state index in [1.54, 1.807) is 6.20 Å². The predicted octanol–water partition coefficient (Wildman–Crippen LogP) is 3.18. The number of aliphatic hydroxyl groups excluding tert-OH is 1. The van der Waals surface area contributed by atoms with Crippen molar-refractivity contribution in [3.05, 3.63) is 60.2 Å². The first-order chi connectivity index (χ1) is 15.6. The van der Waals surface area contributed by atoms with Crippen LogP contribution in [0.5, 0.6) is 0 Å². The number of aryl methyl sites for hydroxylation is 2. The fourth-order valence-corrected chi connectivity index (χ4v) is 4.70. The van der Waals surface area contributed by atoms with Crippen molar-refractivity contribution in [2.75, 3.05) is 13.1 Å². The number of aromatic nitrogens is 6. The molecule has 8 heteroatoms. The molecule has 0 spiro atoms. The van der Waals surface area contributed by atoms with Gasteiger partial charge in [0.2, 0.25) is 0 Å². The Morgan fingerprint density at radius 2 is 2.12 bits per heavy atom. The molecule has 0 saturated carbocycles. The van der Waals surface area contributed by atoms with Gasteiger partial charge in [0, 0.05) is 67.3 Å². The van der Waals surface area contributed by atoms with Gasteiger partial charge in [-0.3, -0.25) is 4.90 Å². The van der Waals surface area contributed by atoms with Gasteiger partial charge >= 0.3 is 0 Å². The van der Waals surface area contributed by atoms with Gasteiger partial charge in [-0.15, -0.1) is 0 Å². The van der Waals surface area contributed by atoms with Gasteiger partial charge in [-0.2, -0.15) is 5.10 Å². The van der Waals surface area contributed by atoms with Crippen molar-refractivity contribution in [2.45, 2.75) is 26.0 Å². The first-order valence-electron chi connectivity index (χ1n) is 10.9. The average molecular weight is 428 g/mol. The van der Waals surface area contributed by atoms with Crippen LogP contribution in [0.3, 0.4) is 0 Å². The van der Waals surface area contributed by atoms with Gasteiger partial charge in [-0.05, 0) is 31.5 Å². The summed E-state index contributed by atoms with van der Waals surface area (Å²) >= 11 is 0. The third-order valence-corrected chi connectivity index (χ3v) is 6.44.